The van der Waals surface area contributed by atoms with Crippen molar-refractivity contribution in [3.05, 3.63) is 207 Å². The summed E-state index contributed by atoms with van der Waals surface area (Å²) in [6.07, 6.45) is -4.63. The van der Waals surface area contributed by atoms with Crippen molar-refractivity contribution in [1.82, 2.24) is 50.3 Å². The quantitative estimate of drug-likeness (QED) is 0.0355. The molecule has 8 heterocycles. The van der Waals surface area contributed by atoms with Crippen LogP contribution in [0, 0.1) is 25.2 Å². The second-order valence-corrected chi connectivity index (χ2v) is 28.7. The van der Waals surface area contributed by atoms with Crippen LogP contribution >= 0.6 is 73.4 Å². The lowest BCUT2D eigenvalue weighted by atomic mass is 10.0. The SMILES string of the molecule is CCc1c(OC)nc2sc(C(N)=O)c(N)c2c1C.COc1ccc2cc3c(N)[nH]nc3nc2c1.COc1ccc2nc(C(F)(F)F)c(C#N)c(N)c2c1.COc1cccc(NC(=O)c2cc(Cl)nnc2Cl)c1.CS(=O)(=O)c1ncc(-c2ccc(Br)cc2)cn1.Cc1ccc(CC(=O)c2sc(Cl)nc2C(F)(F)F)cc1. The molecule has 109 heavy (non-hydrogen) atoms. The molecule has 10 N–H and O–H groups in total. The summed E-state index contributed by atoms with van der Waals surface area (Å²) in [5.74, 6) is 1.38. The predicted molar refractivity (Wildman–Crippen MR) is 411 cm³/mol. The van der Waals surface area contributed by atoms with Crippen molar-refractivity contribution in [1.29, 1.82) is 5.26 Å². The maximum absolute atomic E-state index is 12.8. The van der Waals surface area contributed by atoms with Gasteiger partial charge in [0.25, 0.3) is 11.8 Å². The molecule has 8 aromatic heterocycles. The first-order chi connectivity index (χ1) is 51.5. The summed E-state index contributed by atoms with van der Waals surface area (Å²) >= 11 is 22.1. The number of benzene rings is 5. The Hall–Kier alpha value is -11.1. The summed E-state index contributed by atoms with van der Waals surface area (Å²) in [7, 11) is 2.84. The van der Waals surface area contributed by atoms with Crippen molar-refractivity contribution in [2.45, 2.75) is 51.1 Å². The highest BCUT2D eigenvalue weighted by atomic mass is 79.9. The van der Waals surface area contributed by atoms with Gasteiger partial charge in [0.1, 0.15) is 49.3 Å². The van der Waals surface area contributed by atoms with Crippen LogP contribution in [-0.4, -0.2) is 111 Å². The number of ketones is 1. The number of carbonyl (C=O) groups is 3. The van der Waals surface area contributed by atoms with Crippen LogP contribution in [0.1, 0.15) is 75.8 Å². The first-order valence-electron chi connectivity index (χ1n) is 31.1. The largest absolute Gasteiger partial charge is 0.497 e. The molecule has 38 heteroatoms. The molecule has 0 aliphatic carbocycles. The minimum Gasteiger partial charge on any atom is -0.497 e. The van der Waals surface area contributed by atoms with E-state index in [9.17, 15) is 49.1 Å². The highest BCUT2D eigenvalue weighted by molar-refractivity contribution is 9.10. The highest BCUT2D eigenvalue weighted by Crippen LogP contribution is 2.41. The van der Waals surface area contributed by atoms with E-state index in [1.165, 1.54) is 61.2 Å². The Morgan fingerprint density at radius 3 is 1.93 bits per heavy atom. The van der Waals surface area contributed by atoms with Crippen LogP contribution in [0.5, 0.6) is 23.1 Å². The number of ether oxygens (including phenoxy) is 4. The van der Waals surface area contributed by atoms with Crippen LogP contribution in [0.15, 0.2) is 143 Å². The molecule has 0 atom stereocenters. The number of H-pyrrole nitrogens is 1. The first kappa shape index (κ1) is 83.5. The monoisotopic (exact) mass is 1670 g/mol. The van der Waals surface area contributed by atoms with E-state index in [4.69, 9.17) is 81.9 Å². The molecule has 0 bridgehead atoms. The van der Waals surface area contributed by atoms with Gasteiger partial charge in [0.05, 0.1) is 61.8 Å². The maximum Gasteiger partial charge on any atom is 0.434 e. The van der Waals surface area contributed by atoms with E-state index < -0.39 is 61.6 Å². The third-order valence-electron chi connectivity index (χ3n) is 15.2. The molecule has 13 aromatic rings. The molecule has 25 nitrogen and oxygen atoms in total. The van der Waals surface area contributed by atoms with Crippen molar-refractivity contribution >= 4 is 167 Å². The fourth-order valence-corrected chi connectivity index (χ4v) is 13.0. The number of nitrogen functional groups attached to an aromatic ring is 3. The first-order valence-corrected chi connectivity index (χ1v) is 36.6. The number of hydrogen-bond acceptors (Lipinski definition) is 24. The van der Waals surface area contributed by atoms with Gasteiger partial charge in [-0.15, -0.1) is 21.5 Å². The highest BCUT2D eigenvalue weighted by Gasteiger charge is 2.40. The molecular weight excluding hydrogens is 1620 g/mol. The van der Waals surface area contributed by atoms with Gasteiger partial charge in [0.15, 0.2) is 37.6 Å². The number of rotatable bonds is 13. The predicted octanol–water partition coefficient (Wildman–Crippen LogP) is 16.2. The molecule has 566 valence electrons. The standard InChI is InChI=1S/C13H9ClF3NOS.C12H9Cl2N3O2.C12H8F3N3O.C12H15N3O2S.C11H9BrN2O2S.C11H10N4O/c1-7-2-4-8(5-3-7)6-9(19)10-11(13(15,16)17)18-12(14)20-10;1-19-8-4-2-3-7(5-8)15-12(18)9-6-10(13)16-17-11(9)14;1-19-6-2-3-9-7(4-6)10(17)8(5-16)11(18-9)12(13,14)15;1-4-6-5(2)7-8(13)9(10(14)16)18-12(7)15-11(6)17-3;1-17(15,16)11-13-6-9(7-14-11)8-2-4-10(12)5-3-8;1-16-7-3-2-6-4-8-10(12)14-15-11(8)13-9(6)5-7/h2-5H,6H2,1H3;2-6H,1H3,(H,15,18);2-4H,1H3,(H2,17,18);4,13H2,1-3H3,(H2,14,16);2-7H,1H3;2-5H,1H3,(H3,12,13,14,15). The second-order valence-electron chi connectivity index (χ2n) is 22.6. The second kappa shape index (κ2) is 36.2. The minimum absolute atomic E-state index is 0.00945. The number of pyridine rings is 3. The molecule has 0 unspecified atom stereocenters. The lowest BCUT2D eigenvalue weighted by Gasteiger charge is -2.12. The Bertz CT molecular complexity index is 5680. The third-order valence-corrected chi connectivity index (χ3v) is 19.4. The van der Waals surface area contributed by atoms with Gasteiger partial charge in [-0.25, -0.2) is 38.3 Å². The Balaban J connectivity index is 0.000000165. The summed E-state index contributed by atoms with van der Waals surface area (Å²) in [6, 6.07) is 36.3. The number of nitrogens with two attached hydrogens (primary N) is 4. The number of carbonyl (C=O) groups excluding carboxylic acids is 3. The normalized spacial score (nSPS) is 11.1. The zero-order valence-corrected chi connectivity index (χ0v) is 64.4. The van der Waals surface area contributed by atoms with E-state index in [1.807, 2.05) is 69.3 Å². The molecule has 13 rings (SSSR count). The number of nitrogens with zero attached hydrogens (tertiary/aromatic N) is 10. The minimum atomic E-state index is -4.73. The number of alkyl halides is 6. The Morgan fingerprint density at radius 2 is 1.33 bits per heavy atom. The van der Waals surface area contributed by atoms with Gasteiger partial charge in [-0.1, -0.05) is 117 Å². The van der Waals surface area contributed by atoms with Gasteiger partial charge in [-0.2, -0.15) is 36.7 Å². The van der Waals surface area contributed by atoms with E-state index in [0.717, 1.165) is 72.4 Å². The number of halogens is 10. The van der Waals surface area contributed by atoms with Crippen LogP contribution in [0.2, 0.25) is 14.8 Å². The van der Waals surface area contributed by atoms with Crippen molar-refractivity contribution in [3.8, 4) is 40.3 Å². The number of amides is 2. The Kier molecular flexibility index (Phi) is 27.7. The van der Waals surface area contributed by atoms with Crippen molar-refractivity contribution in [2.75, 3.05) is 57.2 Å². The Morgan fingerprint density at radius 1 is 0.697 bits per heavy atom. The average Bonchev–Trinajstić information content (AvgIpc) is 1.77. The van der Waals surface area contributed by atoms with Crippen LogP contribution < -0.4 is 47.2 Å². The van der Waals surface area contributed by atoms with Gasteiger partial charge in [0.2, 0.25) is 20.9 Å². The van der Waals surface area contributed by atoms with Crippen molar-refractivity contribution in [2.24, 2.45) is 5.73 Å². The fourth-order valence-electron chi connectivity index (χ4n) is 9.90. The topological polar surface area (TPSA) is 394 Å². The lowest BCUT2D eigenvalue weighted by molar-refractivity contribution is -0.141. The third kappa shape index (κ3) is 21.2. The van der Waals surface area contributed by atoms with Gasteiger partial charge in [0, 0.05) is 74.6 Å². The molecule has 0 aliphatic rings. The number of aromatic amines is 1. The molecule has 5 aromatic carbocycles. The van der Waals surface area contributed by atoms with Crippen LogP contribution in [-0.2, 0) is 35.0 Å². The number of sulfone groups is 1. The number of aryl methyl sites for hydroxylation is 2. The Labute approximate surface area is 648 Å². The van der Waals surface area contributed by atoms with Gasteiger partial charge >= 0.3 is 12.4 Å². The number of hydrogen-bond donors (Lipinski definition) is 6. The number of aromatic nitrogens is 10. The number of nitriles is 1. The van der Waals surface area contributed by atoms with E-state index in [2.05, 4.69) is 71.5 Å². The van der Waals surface area contributed by atoms with E-state index in [0.29, 0.717) is 66.8 Å². The smallest absolute Gasteiger partial charge is 0.434 e. The molecular formula is C71H60BrCl3F6N16O9S3. The molecule has 0 saturated carbocycles. The number of Topliss-reactive ketones (excluding diaryl/α,β-unsaturated/α-hetero) is 1. The maximum atomic E-state index is 12.8. The van der Waals surface area contributed by atoms with E-state index in [1.54, 1.807) is 69.9 Å². The number of methoxy groups -OCH3 is 4. The molecule has 0 saturated heterocycles. The summed E-state index contributed by atoms with van der Waals surface area (Å²) < 4.78 is 120. The molecule has 0 spiro atoms. The molecule has 0 aliphatic heterocycles. The van der Waals surface area contributed by atoms with Crippen molar-refractivity contribution < 1.29 is 68.1 Å². The number of anilines is 4. The lowest BCUT2D eigenvalue weighted by Crippen LogP contribution is -2.13. The summed E-state index contributed by atoms with van der Waals surface area (Å²) in [5.41, 5.74) is 27.3. The average molecular weight is 1680 g/mol. The van der Waals surface area contributed by atoms with Crippen LogP contribution in [0.25, 0.3) is 54.2 Å². The number of nitrogens with one attached hydrogen (secondary N) is 2. The zero-order valence-electron chi connectivity index (χ0n) is 58.1. The van der Waals surface area contributed by atoms with Gasteiger partial charge in [-0.3, -0.25) is 19.5 Å². The summed E-state index contributed by atoms with van der Waals surface area (Å²) in [6.45, 7) is 5.87. The summed E-state index contributed by atoms with van der Waals surface area (Å²) in [4.78, 5) is 59.1. The number of primary amides is 1. The van der Waals surface area contributed by atoms with Crippen LogP contribution in [0.4, 0.5) is 49.2 Å². The number of thiophene rings is 1. The molecule has 0 radical (unpaired) electrons. The number of thiazole rings is 1. The number of fused-ring (bicyclic) bond motifs is 4. The molecule has 0 fully saturated rings. The van der Waals surface area contributed by atoms with Gasteiger partial charge < -0.3 is 47.2 Å². The van der Waals surface area contributed by atoms with Crippen LogP contribution in [0.3, 0.4) is 0 Å². The van der Waals surface area contributed by atoms with Gasteiger partial charge in [-0.05, 0) is 104 Å². The fraction of sp³-hybridized carbons (Fsp3) is 0.169. The summed E-state index contributed by atoms with van der Waals surface area (Å²) in [5, 5.41) is 28.2. The zero-order chi connectivity index (χ0) is 80.0. The van der Waals surface area contributed by atoms with Crippen molar-refractivity contribution in [3.63, 3.8) is 0 Å². The molecule has 2 amide bonds. The van der Waals surface area contributed by atoms with E-state index >= 15 is 0 Å². The van der Waals surface area contributed by atoms with E-state index in [-0.39, 0.29) is 48.5 Å².